The molecular formula is C22H36O6S. The first kappa shape index (κ1) is 21.6. The highest BCUT2D eigenvalue weighted by Gasteiger charge is 2.67. The Balaban J connectivity index is 1.63. The molecule has 0 aromatic rings. The number of carbonyl (C=O) groups excluding carboxylic acids is 1. The maximum atomic E-state index is 11.9. The van der Waals surface area contributed by atoms with E-state index in [2.05, 4.69) is 34.6 Å². The molecule has 0 radical (unpaired) electrons. The van der Waals surface area contributed by atoms with Gasteiger partial charge in [-0.15, -0.1) is 0 Å². The number of esters is 1. The summed E-state index contributed by atoms with van der Waals surface area (Å²) in [5.74, 6) is 1.15. The molecule has 0 amide bonds. The van der Waals surface area contributed by atoms with Gasteiger partial charge in [0.15, 0.2) is 0 Å². The van der Waals surface area contributed by atoms with Gasteiger partial charge in [0.25, 0.3) is 0 Å². The molecule has 0 aromatic carbocycles. The molecule has 166 valence electrons. The van der Waals surface area contributed by atoms with Crippen molar-refractivity contribution in [3.05, 3.63) is 0 Å². The van der Waals surface area contributed by atoms with Crippen molar-refractivity contribution >= 4 is 16.4 Å². The van der Waals surface area contributed by atoms with Crippen molar-refractivity contribution in [2.24, 2.45) is 34.0 Å². The predicted molar refractivity (Wildman–Crippen MR) is 108 cm³/mol. The SMILES string of the molecule is CC1(C2CC[C@@H]3[C@@]4(C)CC[C@H](OS(=O)(=O)O)C(C)(C)[C@H]4CC[C@@]23C)CCC(=O)O1. The molecule has 0 aromatic heterocycles. The standard InChI is InChI=1S/C22H36O6S/c1-19(2)14-8-11-21(4)15(6-7-16(21)22(5)13-10-18(23)27-22)20(14,3)12-9-17(19)28-29(24,25)26/h14-17H,6-13H2,1-5H3,(H,24,25,26)/t14-,15-,16?,17+,20+,21-,22?/m1/s1. The van der Waals surface area contributed by atoms with E-state index in [0.29, 0.717) is 30.6 Å². The quantitative estimate of drug-likeness (QED) is 0.524. The number of hydrogen-bond donors (Lipinski definition) is 1. The van der Waals surface area contributed by atoms with Crippen LogP contribution in [-0.4, -0.2) is 30.6 Å². The van der Waals surface area contributed by atoms with Crippen LogP contribution in [0.15, 0.2) is 0 Å². The Labute approximate surface area is 175 Å². The third kappa shape index (κ3) is 3.18. The number of hydrogen-bond acceptors (Lipinski definition) is 5. The summed E-state index contributed by atoms with van der Waals surface area (Å²) in [5.41, 5.74) is -0.489. The lowest BCUT2D eigenvalue weighted by Crippen LogP contribution is -2.59. The number of cyclic esters (lactones) is 1. The molecular weight excluding hydrogens is 392 g/mol. The minimum Gasteiger partial charge on any atom is -0.459 e. The van der Waals surface area contributed by atoms with Gasteiger partial charge in [0, 0.05) is 12.3 Å². The molecule has 0 spiro atoms. The Morgan fingerprint density at radius 3 is 2.07 bits per heavy atom. The van der Waals surface area contributed by atoms with Crippen molar-refractivity contribution in [2.45, 2.75) is 97.7 Å². The average molecular weight is 429 g/mol. The van der Waals surface area contributed by atoms with Gasteiger partial charge in [-0.25, -0.2) is 4.18 Å². The molecule has 1 N–H and O–H groups in total. The van der Waals surface area contributed by atoms with Crippen LogP contribution in [0.4, 0.5) is 0 Å². The second-order valence-electron chi connectivity index (χ2n) is 11.4. The summed E-state index contributed by atoms with van der Waals surface area (Å²) in [6.45, 7) is 11.1. The molecule has 3 saturated carbocycles. The number of rotatable bonds is 3. The van der Waals surface area contributed by atoms with E-state index in [1.54, 1.807) is 0 Å². The van der Waals surface area contributed by atoms with Gasteiger partial charge >= 0.3 is 16.4 Å². The summed E-state index contributed by atoms with van der Waals surface area (Å²) in [7, 11) is -4.46. The van der Waals surface area contributed by atoms with Crippen LogP contribution in [0, 0.1) is 34.0 Å². The summed E-state index contributed by atoms with van der Waals surface area (Å²) in [6, 6.07) is 0. The number of ether oxygens (including phenoxy) is 1. The normalized spacial score (nSPS) is 49.4. The van der Waals surface area contributed by atoms with Gasteiger partial charge in [-0.2, -0.15) is 8.42 Å². The predicted octanol–water partition coefficient (Wildman–Crippen LogP) is 4.54. The van der Waals surface area contributed by atoms with Gasteiger partial charge < -0.3 is 4.74 Å². The van der Waals surface area contributed by atoms with Crippen LogP contribution >= 0.6 is 0 Å². The zero-order valence-corrected chi connectivity index (χ0v) is 19.2. The maximum Gasteiger partial charge on any atom is 0.397 e. The highest BCUT2D eigenvalue weighted by Crippen LogP contribution is 2.71. The molecule has 29 heavy (non-hydrogen) atoms. The van der Waals surface area contributed by atoms with E-state index < -0.39 is 16.5 Å². The first-order valence-electron chi connectivity index (χ1n) is 11.1. The molecule has 7 heteroatoms. The first-order valence-corrected chi connectivity index (χ1v) is 12.5. The highest BCUT2D eigenvalue weighted by atomic mass is 32.3. The molecule has 2 unspecified atom stereocenters. The summed E-state index contributed by atoms with van der Waals surface area (Å²) in [4.78, 5) is 11.9. The second kappa shape index (κ2) is 6.42. The van der Waals surface area contributed by atoms with Gasteiger partial charge in [-0.3, -0.25) is 9.35 Å². The molecule has 7 atom stereocenters. The van der Waals surface area contributed by atoms with E-state index in [9.17, 15) is 17.8 Å². The van der Waals surface area contributed by atoms with Gasteiger partial charge in [-0.1, -0.05) is 27.7 Å². The van der Waals surface area contributed by atoms with E-state index in [4.69, 9.17) is 8.92 Å². The lowest BCUT2D eigenvalue weighted by atomic mass is 9.42. The van der Waals surface area contributed by atoms with E-state index in [1.807, 2.05) is 0 Å². The lowest BCUT2D eigenvalue weighted by molar-refractivity contribution is -0.181. The van der Waals surface area contributed by atoms with E-state index in [-0.39, 0.29) is 27.8 Å². The van der Waals surface area contributed by atoms with Crippen LogP contribution in [0.2, 0.25) is 0 Å². The van der Waals surface area contributed by atoms with E-state index in [0.717, 1.165) is 38.5 Å². The summed E-state index contributed by atoms with van der Waals surface area (Å²) in [6.07, 6.45) is 6.63. The minimum atomic E-state index is -4.46. The molecule has 6 nitrogen and oxygen atoms in total. The minimum absolute atomic E-state index is 0.0662. The topological polar surface area (TPSA) is 89.9 Å². The number of fused-ring (bicyclic) bond motifs is 3. The molecule has 1 aliphatic heterocycles. The molecule has 3 aliphatic carbocycles. The Morgan fingerprint density at radius 1 is 0.897 bits per heavy atom. The third-order valence-corrected chi connectivity index (χ3v) is 10.2. The highest BCUT2D eigenvalue weighted by molar-refractivity contribution is 7.80. The molecule has 4 rings (SSSR count). The van der Waals surface area contributed by atoms with Crippen molar-refractivity contribution in [1.82, 2.24) is 0 Å². The average Bonchev–Trinajstić information content (AvgIpc) is 3.10. The van der Waals surface area contributed by atoms with Crippen LogP contribution < -0.4 is 0 Å². The Kier molecular flexibility index (Phi) is 4.78. The fraction of sp³-hybridized carbons (Fsp3) is 0.955. The van der Waals surface area contributed by atoms with Crippen molar-refractivity contribution in [3.63, 3.8) is 0 Å². The Morgan fingerprint density at radius 2 is 1.48 bits per heavy atom. The van der Waals surface area contributed by atoms with Crippen molar-refractivity contribution < 1.29 is 26.7 Å². The molecule has 1 saturated heterocycles. The molecule has 1 heterocycles. The zero-order chi connectivity index (χ0) is 21.5. The van der Waals surface area contributed by atoms with Gasteiger partial charge in [0.05, 0.1) is 6.10 Å². The van der Waals surface area contributed by atoms with Crippen LogP contribution in [0.1, 0.15) is 86.0 Å². The van der Waals surface area contributed by atoms with Crippen LogP contribution in [0.25, 0.3) is 0 Å². The van der Waals surface area contributed by atoms with Crippen LogP contribution in [0.3, 0.4) is 0 Å². The molecule has 4 aliphatic rings. The monoisotopic (exact) mass is 428 g/mol. The zero-order valence-electron chi connectivity index (χ0n) is 18.4. The molecule has 0 bridgehead atoms. The van der Waals surface area contributed by atoms with Crippen molar-refractivity contribution in [1.29, 1.82) is 0 Å². The van der Waals surface area contributed by atoms with Crippen LogP contribution in [0.5, 0.6) is 0 Å². The van der Waals surface area contributed by atoms with Gasteiger partial charge in [0.2, 0.25) is 0 Å². The van der Waals surface area contributed by atoms with Gasteiger partial charge in [-0.05, 0) is 80.0 Å². The fourth-order valence-corrected chi connectivity index (χ4v) is 9.22. The fourth-order valence-electron chi connectivity index (χ4n) is 8.58. The van der Waals surface area contributed by atoms with Crippen molar-refractivity contribution in [2.75, 3.05) is 0 Å². The summed E-state index contributed by atoms with van der Waals surface area (Å²) < 4.78 is 43.1. The third-order valence-electron chi connectivity index (χ3n) is 9.72. The largest absolute Gasteiger partial charge is 0.459 e. The van der Waals surface area contributed by atoms with Crippen LogP contribution in [-0.2, 0) is 24.1 Å². The smallest absolute Gasteiger partial charge is 0.397 e. The maximum absolute atomic E-state index is 11.9. The second-order valence-corrected chi connectivity index (χ2v) is 12.5. The Bertz CT molecular complexity index is 806. The summed E-state index contributed by atoms with van der Waals surface area (Å²) >= 11 is 0. The first-order chi connectivity index (χ1) is 13.2. The Hall–Kier alpha value is -0.660. The molecule has 4 fully saturated rings. The van der Waals surface area contributed by atoms with E-state index >= 15 is 0 Å². The summed E-state index contributed by atoms with van der Waals surface area (Å²) in [5, 5.41) is 0. The van der Waals surface area contributed by atoms with Crippen molar-refractivity contribution in [3.8, 4) is 0 Å². The lowest BCUT2D eigenvalue weighted by Gasteiger charge is -2.63. The van der Waals surface area contributed by atoms with E-state index in [1.165, 1.54) is 0 Å². The number of carbonyl (C=O) groups is 1. The van der Waals surface area contributed by atoms with Gasteiger partial charge in [0.1, 0.15) is 5.60 Å².